The van der Waals surface area contributed by atoms with E-state index in [1.54, 1.807) is 11.3 Å². The summed E-state index contributed by atoms with van der Waals surface area (Å²) < 4.78 is 2.91. The Bertz CT molecular complexity index is 1510. The smallest absolute Gasteiger partial charge is 0.306 e. The molecule has 0 saturated carbocycles. The zero-order valence-corrected chi connectivity index (χ0v) is 20.8. The first-order valence-electron chi connectivity index (χ1n) is 11.4. The lowest BCUT2D eigenvalue weighted by Crippen LogP contribution is -2.19. The third-order valence-electron chi connectivity index (χ3n) is 5.83. The van der Waals surface area contributed by atoms with Crippen LogP contribution in [0, 0.1) is 11.8 Å². The van der Waals surface area contributed by atoms with Crippen LogP contribution in [0.3, 0.4) is 0 Å². The lowest BCUT2D eigenvalue weighted by Gasteiger charge is -2.13. The fourth-order valence-corrected chi connectivity index (χ4v) is 5.30. The molecule has 178 valence electrons. The molecule has 1 atom stereocenters. The minimum absolute atomic E-state index is 0.299. The number of carbonyl (C=O) groups is 1. The summed E-state index contributed by atoms with van der Waals surface area (Å²) in [7, 11) is 0. The van der Waals surface area contributed by atoms with Gasteiger partial charge in [0, 0.05) is 23.3 Å². The summed E-state index contributed by atoms with van der Waals surface area (Å²) in [4.78, 5) is 16.3. The van der Waals surface area contributed by atoms with E-state index in [9.17, 15) is 9.90 Å². The summed E-state index contributed by atoms with van der Waals surface area (Å²) in [6.45, 7) is 4.06. The number of nitrogens with zero attached hydrogens (tertiary/aromatic N) is 4. The molecule has 0 radical (unpaired) electrons. The molecule has 0 fully saturated rings. The molecule has 9 heteroatoms. The molecule has 0 amide bonds. The minimum Gasteiger partial charge on any atom is -0.481 e. The Morgan fingerprint density at radius 1 is 1.09 bits per heavy atom. The maximum atomic E-state index is 11.7. The van der Waals surface area contributed by atoms with Gasteiger partial charge in [0.1, 0.15) is 5.82 Å². The van der Waals surface area contributed by atoms with Crippen molar-refractivity contribution in [1.82, 2.24) is 19.6 Å². The molecule has 0 saturated heterocycles. The first-order chi connectivity index (χ1) is 16.9. The second-order valence-electron chi connectivity index (χ2n) is 8.96. The van der Waals surface area contributed by atoms with Crippen molar-refractivity contribution >= 4 is 55.6 Å². The third kappa shape index (κ3) is 5.13. The molecular weight excluding hydrogens is 482 g/mol. The van der Waals surface area contributed by atoms with Crippen molar-refractivity contribution in [3.8, 4) is 11.1 Å². The van der Waals surface area contributed by atoms with Gasteiger partial charge < -0.3 is 10.4 Å². The van der Waals surface area contributed by atoms with Crippen LogP contribution in [-0.4, -0.2) is 30.7 Å². The van der Waals surface area contributed by atoms with Crippen LogP contribution >= 0.6 is 22.9 Å². The van der Waals surface area contributed by atoms with Crippen molar-refractivity contribution in [3.05, 3.63) is 71.6 Å². The number of fused-ring (bicyclic) bond motifs is 2. The lowest BCUT2D eigenvalue weighted by atomic mass is 9.94. The molecule has 0 unspecified atom stereocenters. The second-order valence-corrected chi connectivity index (χ2v) is 10.4. The van der Waals surface area contributed by atoms with Crippen molar-refractivity contribution in [2.24, 2.45) is 11.8 Å². The molecule has 0 aliphatic carbocycles. The molecule has 0 spiro atoms. The van der Waals surface area contributed by atoms with E-state index < -0.39 is 11.9 Å². The monoisotopic (exact) mass is 505 g/mol. The molecule has 2 aromatic carbocycles. The summed E-state index contributed by atoms with van der Waals surface area (Å²) in [5.41, 5.74) is 4.60. The van der Waals surface area contributed by atoms with Crippen molar-refractivity contribution in [2.45, 2.75) is 26.7 Å². The SMILES string of the molecule is CC(C)C[C@@H](Cc1nnc2cc(-c3ccc(Nc4nc5ccc(Cl)cc5s4)cc3)ccn12)C(=O)O. The first-order valence-corrected chi connectivity index (χ1v) is 12.5. The molecule has 0 aliphatic rings. The number of anilines is 2. The molecule has 3 heterocycles. The van der Waals surface area contributed by atoms with Gasteiger partial charge >= 0.3 is 5.97 Å². The zero-order chi connectivity index (χ0) is 24.5. The number of benzene rings is 2. The average molecular weight is 506 g/mol. The van der Waals surface area contributed by atoms with Crippen molar-refractivity contribution < 1.29 is 9.90 Å². The topological polar surface area (TPSA) is 92.4 Å². The number of nitrogens with one attached hydrogen (secondary N) is 1. The highest BCUT2D eigenvalue weighted by Gasteiger charge is 2.22. The molecule has 7 nitrogen and oxygen atoms in total. The van der Waals surface area contributed by atoms with Gasteiger partial charge in [0.2, 0.25) is 0 Å². The predicted octanol–water partition coefficient (Wildman–Crippen LogP) is 6.69. The maximum absolute atomic E-state index is 11.7. The van der Waals surface area contributed by atoms with Crippen molar-refractivity contribution in [3.63, 3.8) is 0 Å². The molecule has 5 rings (SSSR count). The molecule has 35 heavy (non-hydrogen) atoms. The summed E-state index contributed by atoms with van der Waals surface area (Å²) >= 11 is 7.64. The number of rotatable bonds is 8. The molecule has 3 aromatic heterocycles. The number of carboxylic acid groups (broad SMARTS) is 1. The number of hydrogen-bond acceptors (Lipinski definition) is 6. The molecular formula is C26H24ClN5O2S. The summed E-state index contributed by atoms with van der Waals surface area (Å²) in [5.74, 6) is -0.311. The van der Waals surface area contributed by atoms with E-state index in [-0.39, 0.29) is 0 Å². The standard InChI is InChI=1S/C26H24ClN5O2S/c1-15(2)11-18(25(33)34)13-24-31-30-23-12-17(9-10-32(23)24)16-3-6-20(7-4-16)28-26-29-21-8-5-19(27)14-22(21)35-26/h3-10,12,14-15,18H,11,13H2,1-2H3,(H,28,29)(H,33,34)/t18-/m0/s1. The highest BCUT2D eigenvalue weighted by Crippen LogP contribution is 2.31. The molecule has 0 bridgehead atoms. The van der Waals surface area contributed by atoms with Gasteiger partial charge in [0.25, 0.3) is 0 Å². The summed E-state index contributed by atoms with van der Waals surface area (Å²) in [6, 6.07) is 17.7. The van der Waals surface area contributed by atoms with Gasteiger partial charge in [-0.25, -0.2) is 4.98 Å². The summed E-state index contributed by atoms with van der Waals surface area (Å²) in [5, 5.41) is 23.0. The molecule has 2 N–H and O–H groups in total. The Kier molecular flexibility index (Phi) is 6.40. The minimum atomic E-state index is -0.796. The lowest BCUT2D eigenvalue weighted by molar-refractivity contribution is -0.142. The van der Waals surface area contributed by atoms with Crippen LogP contribution in [0.4, 0.5) is 10.8 Å². The van der Waals surface area contributed by atoms with E-state index in [4.69, 9.17) is 11.6 Å². The Hall–Kier alpha value is -3.49. The van der Waals surface area contributed by atoms with Crippen LogP contribution in [0.15, 0.2) is 60.8 Å². The van der Waals surface area contributed by atoms with Crippen molar-refractivity contribution in [2.75, 3.05) is 5.32 Å². The van der Waals surface area contributed by atoms with Gasteiger partial charge in [0.15, 0.2) is 10.8 Å². The Morgan fingerprint density at radius 3 is 2.63 bits per heavy atom. The number of pyridine rings is 1. The Morgan fingerprint density at radius 2 is 1.89 bits per heavy atom. The summed E-state index contributed by atoms with van der Waals surface area (Å²) in [6.07, 6.45) is 2.87. The van der Waals surface area contributed by atoms with E-state index in [0.717, 1.165) is 32.2 Å². The van der Waals surface area contributed by atoms with Crippen LogP contribution < -0.4 is 5.32 Å². The fourth-order valence-electron chi connectivity index (χ4n) is 4.14. The van der Waals surface area contributed by atoms with Gasteiger partial charge in [-0.15, -0.1) is 10.2 Å². The highest BCUT2D eigenvalue weighted by molar-refractivity contribution is 7.22. The number of aromatic nitrogens is 4. The second kappa shape index (κ2) is 9.64. The fraction of sp³-hybridized carbons (Fsp3) is 0.231. The predicted molar refractivity (Wildman–Crippen MR) is 141 cm³/mol. The normalized spacial score (nSPS) is 12.5. The van der Waals surface area contributed by atoms with Gasteiger partial charge in [-0.1, -0.05) is 48.9 Å². The van der Waals surface area contributed by atoms with E-state index in [1.807, 2.05) is 79.0 Å². The van der Waals surface area contributed by atoms with Crippen molar-refractivity contribution in [1.29, 1.82) is 0 Å². The van der Waals surface area contributed by atoms with E-state index in [0.29, 0.717) is 35.3 Å². The first kappa shape index (κ1) is 23.3. The highest BCUT2D eigenvalue weighted by atomic mass is 35.5. The third-order valence-corrected chi connectivity index (χ3v) is 7.00. The van der Waals surface area contributed by atoms with Crippen LogP contribution in [0.2, 0.25) is 5.02 Å². The van der Waals surface area contributed by atoms with Crippen LogP contribution in [0.25, 0.3) is 27.0 Å². The van der Waals surface area contributed by atoms with Crippen LogP contribution in [0.5, 0.6) is 0 Å². The Balaban J connectivity index is 1.33. The van der Waals surface area contributed by atoms with Gasteiger partial charge in [0.05, 0.1) is 16.1 Å². The number of thiazole rings is 1. The average Bonchev–Trinajstić information content (AvgIpc) is 3.41. The zero-order valence-electron chi connectivity index (χ0n) is 19.3. The maximum Gasteiger partial charge on any atom is 0.306 e. The number of aliphatic carboxylic acids is 1. The van der Waals surface area contributed by atoms with Gasteiger partial charge in [-0.3, -0.25) is 9.20 Å². The molecule has 5 aromatic rings. The van der Waals surface area contributed by atoms with Crippen LogP contribution in [-0.2, 0) is 11.2 Å². The number of halogens is 1. The van der Waals surface area contributed by atoms with E-state index >= 15 is 0 Å². The van der Waals surface area contributed by atoms with Crippen LogP contribution in [0.1, 0.15) is 26.1 Å². The quantitative estimate of drug-likeness (QED) is 0.244. The molecule has 0 aliphatic heterocycles. The van der Waals surface area contributed by atoms with E-state index in [1.165, 1.54) is 0 Å². The number of hydrogen-bond donors (Lipinski definition) is 2. The largest absolute Gasteiger partial charge is 0.481 e. The van der Waals surface area contributed by atoms with Gasteiger partial charge in [-0.2, -0.15) is 0 Å². The van der Waals surface area contributed by atoms with E-state index in [2.05, 4.69) is 20.5 Å². The number of carboxylic acids is 1. The Labute approximate surface area is 211 Å². The van der Waals surface area contributed by atoms with Gasteiger partial charge in [-0.05, 0) is 65.9 Å².